The second-order valence-electron chi connectivity index (χ2n) is 4.45. The maximum absolute atomic E-state index is 13.3. The molecule has 0 heterocycles. The first-order valence-corrected chi connectivity index (χ1v) is 7.88. The van der Waals surface area contributed by atoms with Gasteiger partial charge in [0.05, 0.1) is 5.69 Å². The Bertz CT molecular complexity index is 770. The van der Waals surface area contributed by atoms with Gasteiger partial charge < -0.3 is 4.74 Å². The summed E-state index contributed by atoms with van der Waals surface area (Å²) < 4.78 is 45.2. The van der Waals surface area contributed by atoms with Crippen LogP contribution in [0.1, 0.15) is 5.56 Å². The zero-order valence-corrected chi connectivity index (χ0v) is 13.3. The number of aliphatic imine (C=N–C) groups is 1. The van der Waals surface area contributed by atoms with Gasteiger partial charge in [-0.15, -0.1) is 0 Å². The lowest BCUT2D eigenvalue weighted by Crippen LogP contribution is -2.12. The van der Waals surface area contributed by atoms with Crippen LogP contribution < -0.4 is 10.1 Å². The predicted octanol–water partition coefficient (Wildman–Crippen LogP) is 4.92. The molecule has 24 heavy (non-hydrogen) atoms. The van der Waals surface area contributed by atoms with E-state index < -0.39 is 11.7 Å². The molecule has 8 heteroatoms. The fourth-order valence-corrected chi connectivity index (χ4v) is 2.15. The Morgan fingerprint density at radius 2 is 1.92 bits per heavy atom. The first-order valence-electron chi connectivity index (χ1n) is 6.66. The minimum absolute atomic E-state index is 0.0647. The van der Waals surface area contributed by atoms with E-state index in [1.165, 1.54) is 12.1 Å². The number of ether oxygens (including phenoxy) is 1. The average molecular weight is 351 g/mol. The van der Waals surface area contributed by atoms with Crippen molar-refractivity contribution in [3.63, 3.8) is 0 Å². The second-order valence-corrected chi connectivity index (χ2v) is 5.25. The van der Waals surface area contributed by atoms with Crippen molar-refractivity contribution >= 4 is 22.6 Å². The van der Waals surface area contributed by atoms with E-state index in [1.807, 2.05) is 0 Å². The van der Waals surface area contributed by atoms with E-state index in [4.69, 9.17) is 10.00 Å². The van der Waals surface area contributed by atoms with E-state index in [1.54, 1.807) is 42.8 Å². The van der Waals surface area contributed by atoms with E-state index in [9.17, 15) is 13.2 Å². The molecule has 4 nitrogen and oxygen atoms in total. The van der Waals surface area contributed by atoms with Gasteiger partial charge in [0.1, 0.15) is 17.1 Å². The molecule has 1 N–H and O–H groups in total. The van der Waals surface area contributed by atoms with Crippen LogP contribution in [0, 0.1) is 11.5 Å². The van der Waals surface area contributed by atoms with Crippen molar-refractivity contribution in [2.45, 2.75) is 6.18 Å². The third-order valence-corrected chi connectivity index (χ3v) is 3.41. The highest BCUT2D eigenvalue weighted by Gasteiger charge is 2.35. The van der Waals surface area contributed by atoms with Gasteiger partial charge in [-0.3, -0.25) is 5.32 Å². The topological polar surface area (TPSA) is 57.4 Å². The molecule has 0 saturated carbocycles. The molecule has 0 bridgehead atoms. The smallest absolute Gasteiger partial charge is 0.420 e. The molecule has 2 rings (SSSR count). The van der Waals surface area contributed by atoms with Gasteiger partial charge in [-0.25, -0.2) is 4.99 Å². The second kappa shape index (κ2) is 7.75. The van der Waals surface area contributed by atoms with Gasteiger partial charge in [0, 0.05) is 0 Å². The van der Waals surface area contributed by atoms with Gasteiger partial charge >= 0.3 is 6.18 Å². The number of hydrogen-bond acceptors (Lipinski definition) is 4. The number of nitriles is 1. The fourth-order valence-electron chi connectivity index (χ4n) is 1.80. The normalized spacial score (nSPS) is 11.7. The lowest BCUT2D eigenvalue weighted by atomic mass is 10.1. The minimum Gasteiger partial charge on any atom is -0.457 e. The molecule has 0 aliphatic heterocycles. The molecular formula is C16H12F3N3OS. The minimum atomic E-state index is -4.60. The lowest BCUT2D eigenvalue weighted by Gasteiger charge is -2.14. The molecule has 0 spiro atoms. The van der Waals surface area contributed by atoms with Crippen LogP contribution in [-0.2, 0) is 6.18 Å². The lowest BCUT2D eigenvalue weighted by molar-refractivity contribution is -0.138. The maximum Gasteiger partial charge on any atom is 0.420 e. The van der Waals surface area contributed by atoms with E-state index >= 15 is 0 Å². The highest BCUT2D eigenvalue weighted by Crippen LogP contribution is 2.40. The summed E-state index contributed by atoms with van der Waals surface area (Å²) >= 11 is 1.11. The Kier molecular flexibility index (Phi) is 5.71. The van der Waals surface area contributed by atoms with E-state index in [-0.39, 0.29) is 16.6 Å². The Balaban J connectivity index is 2.41. The molecule has 0 radical (unpaired) electrons. The van der Waals surface area contributed by atoms with Crippen LogP contribution in [-0.4, -0.2) is 11.4 Å². The average Bonchev–Trinajstić information content (AvgIpc) is 2.55. The monoisotopic (exact) mass is 351 g/mol. The third kappa shape index (κ3) is 4.67. The Hall–Kier alpha value is -2.66. The van der Waals surface area contributed by atoms with Crippen LogP contribution in [0.5, 0.6) is 11.5 Å². The summed E-state index contributed by atoms with van der Waals surface area (Å²) in [7, 11) is 0. The summed E-state index contributed by atoms with van der Waals surface area (Å²) in [6.45, 7) is 0. The van der Waals surface area contributed by atoms with Gasteiger partial charge in [0.25, 0.3) is 0 Å². The number of hydrogen-bond donors (Lipinski definition) is 1. The van der Waals surface area contributed by atoms with Crippen molar-refractivity contribution in [3.05, 3.63) is 54.1 Å². The number of benzene rings is 2. The van der Waals surface area contributed by atoms with Crippen LogP contribution in [0.25, 0.3) is 0 Å². The molecule has 0 atom stereocenters. The summed E-state index contributed by atoms with van der Waals surface area (Å²) in [5.41, 5.74) is -0.875. The fraction of sp³-hybridized carbons (Fsp3) is 0.125. The predicted molar refractivity (Wildman–Crippen MR) is 87.3 cm³/mol. The van der Waals surface area contributed by atoms with E-state index in [0.717, 1.165) is 17.8 Å². The highest BCUT2D eigenvalue weighted by molar-refractivity contribution is 8.13. The molecule has 0 unspecified atom stereocenters. The zero-order valence-electron chi connectivity index (χ0n) is 12.5. The van der Waals surface area contributed by atoms with Crippen molar-refractivity contribution in [3.8, 4) is 17.7 Å². The van der Waals surface area contributed by atoms with Gasteiger partial charge in [0.2, 0.25) is 0 Å². The highest BCUT2D eigenvalue weighted by atomic mass is 32.2. The summed E-state index contributed by atoms with van der Waals surface area (Å²) in [4.78, 5) is 3.98. The number of rotatable bonds is 3. The third-order valence-electron chi connectivity index (χ3n) is 2.83. The van der Waals surface area contributed by atoms with Gasteiger partial charge in [-0.05, 0) is 36.6 Å². The molecule has 0 saturated heterocycles. The van der Waals surface area contributed by atoms with Gasteiger partial charge in [0.15, 0.2) is 11.4 Å². The van der Waals surface area contributed by atoms with Crippen LogP contribution in [0.3, 0.4) is 0 Å². The Morgan fingerprint density at radius 3 is 2.50 bits per heavy atom. The Labute approximate surface area is 141 Å². The summed E-state index contributed by atoms with van der Waals surface area (Å²) in [6.07, 6.45) is -1.27. The number of alkyl halides is 3. The largest absolute Gasteiger partial charge is 0.457 e. The molecule has 2 aromatic rings. The van der Waals surface area contributed by atoms with Crippen LogP contribution in [0.4, 0.5) is 18.9 Å². The number of amidine groups is 1. The summed E-state index contributed by atoms with van der Waals surface area (Å²) in [6, 6.07) is 11.7. The SMILES string of the molecule is CSC(=Nc1ccc(Oc2ccccc2)c(C(F)(F)F)c1)NC#N. The molecule has 0 aromatic heterocycles. The van der Waals surface area contributed by atoms with Crippen molar-refractivity contribution < 1.29 is 17.9 Å². The molecule has 0 fully saturated rings. The zero-order chi connectivity index (χ0) is 17.6. The van der Waals surface area contributed by atoms with Crippen molar-refractivity contribution in [2.24, 2.45) is 4.99 Å². The quantitative estimate of drug-likeness (QED) is 0.369. The summed E-state index contributed by atoms with van der Waals surface area (Å²) in [5.74, 6) is -0.0122. The summed E-state index contributed by atoms with van der Waals surface area (Å²) in [5, 5.41) is 11.1. The van der Waals surface area contributed by atoms with Crippen molar-refractivity contribution in [1.29, 1.82) is 5.26 Å². The standard InChI is InChI=1S/C16H12F3N3OS/c1-24-15(21-10-20)22-11-7-8-14(13(9-11)16(17,18)19)23-12-5-3-2-4-6-12/h2-9H,1H3,(H,21,22). The number of para-hydroxylation sites is 1. The molecular weight excluding hydrogens is 339 g/mol. The number of thioether (sulfide) groups is 1. The number of nitrogens with one attached hydrogen (secondary N) is 1. The molecule has 0 aliphatic rings. The first kappa shape index (κ1) is 17.7. The van der Waals surface area contributed by atoms with Crippen molar-refractivity contribution in [1.82, 2.24) is 5.32 Å². The van der Waals surface area contributed by atoms with Crippen LogP contribution in [0.2, 0.25) is 0 Å². The van der Waals surface area contributed by atoms with Gasteiger partial charge in [-0.2, -0.15) is 18.4 Å². The van der Waals surface area contributed by atoms with Gasteiger partial charge in [-0.1, -0.05) is 30.0 Å². The van der Waals surface area contributed by atoms with Crippen LogP contribution in [0.15, 0.2) is 53.5 Å². The van der Waals surface area contributed by atoms with E-state index in [0.29, 0.717) is 5.75 Å². The number of halogens is 3. The molecule has 124 valence electrons. The Morgan fingerprint density at radius 1 is 1.21 bits per heavy atom. The maximum atomic E-state index is 13.3. The van der Waals surface area contributed by atoms with Crippen molar-refractivity contribution in [2.75, 3.05) is 6.26 Å². The van der Waals surface area contributed by atoms with Crippen LogP contribution >= 0.6 is 11.8 Å². The molecule has 2 aromatic carbocycles. The molecule has 0 aliphatic carbocycles. The first-order chi connectivity index (χ1) is 11.4. The number of nitrogens with zero attached hydrogens (tertiary/aromatic N) is 2. The molecule has 0 amide bonds. The van der Waals surface area contributed by atoms with E-state index in [2.05, 4.69) is 10.3 Å².